The van der Waals surface area contributed by atoms with E-state index in [4.69, 9.17) is 5.73 Å². The second-order valence-corrected chi connectivity index (χ2v) is 20.5. The number of aryl methyl sites for hydroxylation is 1. The molecule has 372 valence electrons. The number of nitrogens with one attached hydrogen (secondary N) is 3. The first-order chi connectivity index (χ1) is 32.5. The molecule has 2 bridgehead atoms. The monoisotopic (exact) mass is 937 g/mol. The van der Waals surface area contributed by atoms with E-state index in [0.29, 0.717) is 85.6 Å². The van der Waals surface area contributed by atoms with Gasteiger partial charge in [0, 0.05) is 36.9 Å². The minimum absolute atomic E-state index is 0.00234. The van der Waals surface area contributed by atoms with Crippen molar-refractivity contribution >= 4 is 11.7 Å². The average Bonchev–Trinajstić information content (AvgIpc) is 3.64. The summed E-state index contributed by atoms with van der Waals surface area (Å²) >= 11 is 0. The van der Waals surface area contributed by atoms with Gasteiger partial charge in [-0.3, -0.25) is 14.9 Å². The number of ketones is 1. The number of carbonyl (C=O) groups is 2. The van der Waals surface area contributed by atoms with Gasteiger partial charge in [0.25, 0.3) is 0 Å². The smallest absolute Gasteiger partial charge is 0.243 e. The highest BCUT2D eigenvalue weighted by Crippen LogP contribution is 2.63. The van der Waals surface area contributed by atoms with Crippen molar-refractivity contribution in [1.29, 1.82) is 0 Å². The zero-order valence-electron chi connectivity index (χ0n) is 41.0. The number of unbranched alkanes of at least 4 members (excludes halogenated alkanes) is 2. The largest absolute Gasteiger partial charge is 0.396 e. The molecule has 11 N–H and O–H groups in total. The van der Waals surface area contributed by atoms with Gasteiger partial charge in [0.1, 0.15) is 12.2 Å². The lowest BCUT2D eigenvalue weighted by Crippen LogP contribution is -2.59. The van der Waals surface area contributed by atoms with E-state index < -0.39 is 53.4 Å². The second kappa shape index (κ2) is 24.2. The summed E-state index contributed by atoms with van der Waals surface area (Å²) in [5.74, 6) is -1.43. The topological polar surface area (TPSA) is 218 Å². The molecule has 2 saturated carbocycles. The summed E-state index contributed by atoms with van der Waals surface area (Å²) in [6.07, 6.45) is 11.8. The van der Waals surface area contributed by atoms with Crippen LogP contribution < -0.4 is 21.7 Å². The number of benzene rings is 2. The summed E-state index contributed by atoms with van der Waals surface area (Å²) in [5, 5.41) is 78.1. The highest BCUT2D eigenvalue weighted by atomic mass is 16.3. The number of hydrogen-bond acceptors (Lipinski definition) is 11. The zero-order chi connectivity index (χ0) is 49.2. The number of aliphatic hydroxyl groups excluding tert-OH is 5. The van der Waals surface area contributed by atoms with Crippen molar-refractivity contribution in [3.8, 4) is 0 Å². The molecule has 0 unspecified atom stereocenters. The number of carbonyl (C=O) groups excluding carboxylic acids is 2. The lowest BCUT2D eigenvalue weighted by Gasteiger charge is -2.56. The lowest BCUT2D eigenvalue weighted by molar-refractivity contribution is -0.168. The third-order valence-electron chi connectivity index (χ3n) is 15.7. The van der Waals surface area contributed by atoms with Gasteiger partial charge in [-0.2, -0.15) is 0 Å². The maximum Gasteiger partial charge on any atom is 0.243 e. The summed E-state index contributed by atoms with van der Waals surface area (Å²) in [6, 6.07) is 12.7. The number of aliphatic hydroxyl groups is 6. The Morgan fingerprint density at radius 2 is 1.74 bits per heavy atom. The first kappa shape index (κ1) is 53.3. The number of β-amino-alcohol motifs (C(OH)–C–C–N with tert-alkyl or cyclic N) is 1. The molecule has 68 heavy (non-hydrogen) atoms. The van der Waals surface area contributed by atoms with Gasteiger partial charge in [-0.1, -0.05) is 84.5 Å². The van der Waals surface area contributed by atoms with E-state index >= 15 is 0 Å². The Hall–Kier alpha value is -4.08. The third-order valence-corrected chi connectivity index (χ3v) is 15.7. The number of amides is 1. The van der Waals surface area contributed by atoms with Crippen LogP contribution in [0.4, 0.5) is 0 Å². The quantitative estimate of drug-likeness (QED) is 0.0643. The number of allylic oxidation sites excluding steroid dienone is 5. The predicted molar refractivity (Wildman–Crippen MR) is 268 cm³/mol. The van der Waals surface area contributed by atoms with Crippen molar-refractivity contribution < 1.29 is 40.2 Å². The Morgan fingerprint density at radius 1 is 0.971 bits per heavy atom. The second-order valence-electron chi connectivity index (χ2n) is 20.5. The van der Waals surface area contributed by atoms with Crippen LogP contribution in [-0.2, 0) is 28.9 Å². The summed E-state index contributed by atoms with van der Waals surface area (Å²) in [5.41, 5.74) is 12.1. The zero-order valence-corrected chi connectivity index (χ0v) is 41.0. The number of hydrogen-bond donors (Lipinski definition) is 10. The Bertz CT molecular complexity index is 2210. The molecule has 2 fully saturated rings. The Labute approximate surface area is 404 Å². The Balaban J connectivity index is 1.35. The molecule has 0 aromatic heterocycles. The molecule has 0 radical (unpaired) electrons. The summed E-state index contributed by atoms with van der Waals surface area (Å²) < 4.78 is 0. The summed E-state index contributed by atoms with van der Waals surface area (Å²) in [6.45, 7) is 13.0. The predicted octanol–water partition coefficient (Wildman–Crippen LogP) is 5.95. The molecule has 0 saturated heterocycles. The molecule has 12 heteroatoms. The molecule has 6 rings (SSSR count). The number of nitrogens with two attached hydrogens (primary N) is 1. The van der Waals surface area contributed by atoms with Gasteiger partial charge in [-0.25, -0.2) is 0 Å². The van der Waals surface area contributed by atoms with Crippen molar-refractivity contribution in [3.05, 3.63) is 129 Å². The molecule has 2 aromatic rings. The Morgan fingerprint density at radius 3 is 2.49 bits per heavy atom. The minimum Gasteiger partial charge on any atom is -0.396 e. The van der Waals surface area contributed by atoms with Gasteiger partial charge in [0.05, 0.1) is 30.5 Å². The van der Waals surface area contributed by atoms with Crippen LogP contribution in [0.1, 0.15) is 138 Å². The van der Waals surface area contributed by atoms with Gasteiger partial charge in [-0.05, 0) is 168 Å². The van der Waals surface area contributed by atoms with Crippen LogP contribution in [0.15, 0.2) is 101 Å². The lowest BCUT2D eigenvalue weighted by atomic mass is 9.52. The van der Waals surface area contributed by atoms with E-state index in [0.717, 1.165) is 54.5 Å². The SMILES string of the molecule is C=C(/C=C/C=C(/CO)[C@H]1CC[C@@]2([C@@H]3CC[C@H](O)Cc4cccc(c4)CC[C@@H](O)CN[C@H]4C(=O)N[C@H](N)c5cccc(c54)CC(=O)/C(C)=C/3CC[C@@]2(C)O)[C@@H]1O)[C@H](CC=C(C)C)NCCCCCO. The summed E-state index contributed by atoms with van der Waals surface area (Å²) in [4.78, 5) is 28.4. The maximum atomic E-state index is 14.8. The normalized spacial score (nSPS) is 31.2. The third kappa shape index (κ3) is 12.4. The highest BCUT2D eigenvalue weighted by molar-refractivity contribution is 5.98. The van der Waals surface area contributed by atoms with Crippen molar-refractivity contribution in [2.75, 3.05) is 26.3 Å². The van der Waals surface area contributed by atoms with Gasteiger partial charge in [0.15, 0.2) is 5.78 Å². The molecule has 1 spiro atoms. The fourth-order valence-corrected chi connectivity index (χ4v) is 11.8. The molecular formula is C56H80N4O8. The van der Waals surface area contributed by atoms with E-state index in [-0.39, 0.29) is 43.9 Å². The van der Waals surface area contributed by atoms with Gasteiger partial charge < -0.3 is 47.0 Å². The minimum atomic E-state index is -1.34. The van der Waals surface area contributed by atoms with Crippen LogP contribution in [0.25, 0.3) is 0 Å². The van der Waals surface area contributed by atoms with E-state index in [1.807, 2.05) is 61.5 Å². The van der Waals surface area contributed by atoms with Crippen molar-refractivity contribution in [3.63, 3.8) is 0 Å². The average molecular weight is 937 g/mol. The molecule has 1 amide bonds. The highest BCUT2D eigenvalue weighted by Gasteiger charge is 2.64. The molecule has 12 nitrogen and oxygen atoms in total. The first-order valence-electron chi connectivity index (χ1n) is 25.1. The van der Waals surface area contributed by atoms with E-state index in [1.165, 1.54) is 5.57 Å². The Kier molecular flexibility index (Phi) is 18.9. The molecule has 4 aliphatic rings. The van der Waals surface area contributed by atoms with Crippen molar-refractivity contribution in [2.24, 2.45) is 23.0 Å². The number of rotatable bonds is 13. The van der Waals surface area contributed by atoms with E-state index in [2.05, 4.69) is 48.5 Å². The molecule has 2 aliphatic carbocycles. The molecule has 2 aliphatic heterocycles. The first-order valence-corrected chi connectivity index (χ1v) is 25.1. The summed E-state index contributed by atoms with van der Waals surface area (Å²) in [7, 11) is 0. The van der Waals surface area contributed by atoms with Crippen LogP contribution in [0.2, 0.25) is 0 Å². The fraction of sp³-hybridized carbons (Fsp3) is 0.571. The van der Waals surface area contributed by atoms with E-state index in [9.17, 15) is 40.2 Å². The van der Waals surface area contributed by atoms with Crippen molar-refractivity contribution in [1.82, 2.24) is 16.0 Å². The van der Waals surface area contributed by atoms with E-state index in [1.54, 1.807) is 6.92 Å². The van der Waals surface area contributed by atoms with Gasteiger partial charge in [0.2, 0.25) is 5.91 Å². The maximum absolute atomic E-state index is 14.8. The molecule has 2 heterocycles. The van der Waals surface area contributed by atoms with Crippen LogP contribution >= 0.6 is 0 Å². The van der Waals surface area contributed by atoms with Gasteiger partial charge in [-0.15, -0.1) is 0 Å². The van der Waals surface area contributed by atoms with Crippen LogP contribution in [0, 0.1) is 17.3 Å². The van der Waals surface area contributed by atoms with Crippen LogP contribution in [-0.4, -0.2) is 98.6 Å². The molecule has 10 atom stereocenters. The molecular weight excluding hydrogens is 857 g/mol. The van der Waals surface area contributed by atoms with Crippen LogP contribution in [0.5, 0.6) is 0 Å². The standard InChI is InChI=1S/C56H80N4O8/c1-35(2)18-23-48(58-28-7-6-8-29-61)36(3)12-9-16-41(34-62)45-25-27-56(52(45)66)47-22-21-42(63)31-39-14-10-13-38(30-39)19-20-43(64)33-59-51-50-40(15-11-17-46(50)53(57)60-54(51)67)32-49(65)37(4)44(47)24-26-55(56,5)68/h9-18,30,42-43,45,47-48,51-53,58-59,61-64,66,68H,3,6-8,19-29,31-34,57H2,1-2,4-5H3,(H,60,67)/b12-9+,41-16-,44-37+/t42-,43+,45+,47+,48-,51+,52+,53-,55+,56+/m0/s1. The number of Topliss-reactive ketones (excluding diaryl/α,β-unsaturated/α-hetero) is 1. The van der Waals surface area contributed by atoms with Crippen LogP contribution in [0.3, 0.4) is 0 Å². The number of fused-ring (bicyclic) bond motifs is 4. The fourth-order valence-electron chi connectivity index (χ4n) is 11.8. The van der Waals surface area contributed by atoms with Gasteiger partial charge >= 0.3 is 0 Å². The van der Waals surface area contributed by atoms with Crippen molar-refractivity contribution in [2.45, 2.75) is 160 Å². The molecule has 2 aromatic carbocycles.